The molecule has 8 heavy (non-hydrogen) atoms. The van der Waals surface area contributed by atoms with E-state index in [1.165, 1.54) is 10.8 Å². The average Bonchev–Trinajstić information content (AvgIpc) is 1.83. The van der Waals surface area contributed by atoms with Crippen LogP contribution >= 0.6 is 22.5 Å². The van der Waals surface area contributed by atoms with Crippen LogP contribution in [0, 0.1) is 0 Å². The van der Waals surface area contributed by atoms with Crippen molar-refractivity contribution in [3.63, 3.8) is 0 Å². The van der Waals surface area contributed by atoms with Gasteiger partial charge in [0.15, 0.2) is 0 Å². The summed E-state index contributed by atoms with van der Waals surface area (Å²) in [5.74, 6) is 0. The highest BCUT2D eigenvalue weighted by molar-refractivity contribution is 8.69. The van der Waals surface area contributed by atoms with Gasteiger partial charge in [-0.25, -0.2) is 0 Å². The third-order valence-electron chi connectivity index (χ3n) is 0.686. The van der Waals surface area contributed by atoms with E-state index in [0.717, 1.165) is 6.29 Å². The molecule has 0 aromatic heterocycles. The fourth-order valence-corrected chi connectivity index (χ4v) is 0.967. The zero-order valence-corrected chi connectivity index (χ0v) is 6.12. The zero-order valence-electron chi connectivity index (χ0n) is 4.41. The van der Waals surface area contributed by atoms with Crippen LogP contribution in [0.25, 0.3) is 0 Å². The SMILES string of the molecule is C=CCC(C=O)SS. The Hall–Kier alpha value is 0.110. The minimum atomic E-state index is -0.0177. The van der Waals surface area contributed by atoms with Crippen molar-refractivity contribution in [2.24, 2.45) is 0 Å². The highest BCUT2D eigenvalue weighted by atomic mass is 33.1. The molecule has 1 unspecified atom stereocenters. The quantitative estimate of drug-likeness (QED) is 0.283. The number of thiol groups is 1. The summed E-state index contributed by atoms with van der Waals surface area (Å²) in [4.78, 5) is 10.0. The molecule has 46 valence electrons. The summed E-state index contributed by atoms with van der Waals surface area (Å²) < 4.78 is 0. The van der Waals surface area contributed by atoms with Gasteiger partial charge in [0.2, 0.25) is 0 Å². The number of rotatable bonds is 4. The van der Waals surface area contributed by atoms with Gasteiger partial charge >= 0.3 is 0 Å². The molecule has 0 aliphatic heterocycles. The predicted octanol–water partition coefficient (Wildman–Crippen LogP) is 1.71. The number of carbonyl (C=O) groups is 1. The van der Waals surface area contributed by atoms with Gasteiger partial charge in [-0.2, -0.15) is 0 Å². The Morgan fingerprint density at radius 3 is 2.62 bits per heavy atom. The summed E-state index contributed by atoms with van der Waals surface area (Å²) in [7, 11) is 1.25. The molecular formula is C5H8OS2. The summed E-state index contributed by atoms with van der Waals surface area (Å²) in [6.45, 7) is 3.49. The molecule has 0 heterocycles. The largest absolute Gasteiger partial charge is 0.302 e. The van der Waals surface area contributed by atoms with Crippen molar-refractivity contribution in [3.05, 3.63) is 12.7 Å². The van der Waals surface area contributed by atoms with Gasteiger partial charge in [0, 0.05) is 0 Å². The second-order valence-electron chi connectivity index (χ2n) is 1.30. The first kappa shape index (κ1) is 8.11. The molecule has 0 saturated heterocycles. The molecule has 0 bridgehead atoms. The Balaban J connectivity index is 3.35. The minimum absolute atomic E-state index is 0.0177. The van der Waals surface area contributed by atoms with E-state index in [9.17, 15) is 4.79 Å². The van der Waals surface area contributed by atoms with Gasteiger partial charge in [-0.05, 0) is 6.42 Å². The summed E-state index contributed by atoms with van der Waals surface area (Å²) in [5.41, 5.74) is 0. The average molecular weight is 148 g/mol. The lowest BCUT2D eigenvalue weighted by atomic mass is 10.3. The molecule has 1 nitrogen and oxygen atoms in total. The van der Waals surface area contributed by atoms with Crippen molar-refractivity contribution >= 4 is 28.7 Å². The third-order valence-corrected chi connectivity index (χ3v) is 2.07. The van der Waals surface area contributed by atoms with E-state index in [-0.39, 0.29) is 5.25 Å². The highest BCUT2D eigenvalue weighted by Crippen LogP contribution is 2.15. The molecule has 3 heteroatoms. The Labute approximate surface area is 58.3 Å². The zero-order chi connectivity index (χ0) is 6.41. The van der Waals surface area contributed by atoms with E-state index in [1.54, 1.807) is 6.08 Å². The van der Waals surface area contributed by atoms with E-state index < -0.39 is 0 Å². The second kappa shape index (κ2) is 5.25. The van der Waals surface area contributed by atoms with Crippen molar-refractivity contribution in [1.82, 2.24) is 0 Å². The minimum Gasteiger partial charge on any atom is -0.302 e. The molecule has 0 radical (unpaired) electrons. The monoisotopic (exact) mass is 148 g/mol. The Bertz CT molecular complexity index is 82.5. The van der Waals surface area contributed by atoms with Gasteiger partial charge in [0.05, 0.1) is 5.25 Å². The van der Waals surface area contributed by atoms with Crippen LogP contribution in [0.1, 0.15) is 6.42 Å². The van der Waals surface area contributed by atoms with E-state index in [4.69, 9.17) is 0 Å². The van der Waals surface area contributed by atoms with Crippen molar-refractivity contribution in [2.75, 3.05) is 0 Å². The maximum Gasteiger partial charge on any atom is 0.134 e. The van der Waals surface area contributed by atoms with E-state index >= 15 is 0 Å². The van der Waals surface area contributed by atoms with Crippen LogP contribution < -0.4 is 0 Å². The van der Waals surface area contributed by atoms with Crippen molar-refractivity contribution in [3.8, 4) is 0 Å². The van der Waals surface area contributed by atoms with E-state index in [1.807, 2.05) is 0 Å². The Kier molecular flexibility index (Phi) is 5.32. The highest BCUT2D eigenvalue weighted by Gasteiger charge is 1.99. The van der Waals surface area contributed by atoms with Crippen LogP contribution in [0.3, 0.4) is 0 Å². The van der Waals surface area contributed by atoms with E-state index in [0.29, 0.717) is 6.42 Å². The molecule has 0 aliphatic rings. The molecule has 0 fully saturated rings. The number of aldehydes is 1. The smallest absolute Gasteiger partial charge is 0.134 e. The van der Waals surface area contributed by atoms with Crippen molar-refractivity contribution in [1.29, 1.82) is 0 Å². The normalized spacial score (nSPS) is 12.6. The molecule has 0 amide bonds. The summed E-state index contributed by atoms with van der Waals surface area (Å²) in [5, 5.41) is -0.0177. The second-order valence-corrected chi connectivity index (χ2v) is 2.75. The Morgan fingerprint density at radius 2 is 2.50 bits per heavy atom. The molecule has 0 saturated carbocycles. The first-order chi connectivity index (χ1) is 3.85. The first-order valence-electron chi connectivity index (χ1n) is 2.21. The van der Waals surface area contributed by atoms with Gasteiger partial charge in [-0.15, -0.1) is 18.2 Å². The predicted molar refractivity (Wildman–Crippen MR) is 41.2 cm³/mol. The van der Waals surface area contributed by atoms with Crippen LogP contribution in [0.4, 0.5) is 0 Å². The van der Waals surface area contributed by atoms with Gasteiger partial charge in [-0.1, -0.05) is 16.9 Å². The summed E-state index contributed by atoms with van der Waals surface area (Å²) in [6, 6.07) is 0. The van der Waals surface area contributed by atoms with Gasteiger partial charge < -0.3 is 4.79 Å². The standard InChI is InChI=1S/C5H8OS2/c1-2-3-5(4-6)8-7/h2,4-5,7H,1,3H2. The first-order valence-corrected chi connectivity index (χ1v) is 4.14. The lowest BCUT2D eigenvalue weighted by molar-refractivity contribution is -0.107. The van der Waals surface area contributed by atoms with Gasteiger partial charge in [-0.3, -0.25) is 0 Å². The fraction of sp³-hybridized carbons (Fsp3) is 0.400. The Morgan fingerprint density at radius 1 is 1.88 bits per heavy atom. The lowest BCUT2D eigenvalue weighted by Crippen LogP contribution is -1.98. The van der Waals surface area contributed by atoms with Crippen molar-refractivity contribution in [2.45, 2.75) is 11.7 Å². The molecule has 1 atom stereocenters. The lowest BCUT2D eigenvalue weighted by Gasteiger charge is -1.97. The molecule has 0 aromatic rings. The summed E-state index contributed by atoms with van der Waals surface area (Å²) in [6.07, 6.45) is 3.29. The molecule has 0 aliphatic carbocycles. The van der Waals surface area contributed by atoms with Crippen LogP contribution in [0.15, 0.2) is 12.7 Å². The van der Waals surface area contributed by atoms with Crippen LogP contribution in [-0.2, 0) is 4.79 Å². The van der Waals surface area contributed by atoms with Crippen LogP contribution in [0.5, 0.6) is 0 Å². The van der Waals surface area contributed by atoms with Gasteiger partial charge in [0.25, 0.3) is 0 Å². The topological polar surface area (TPSA) is 17.1 Å². The summed E-state index contributed by atoms with van der Waals surface area (Å²) >= 11 is 3.87. The van der Waals surface area contributed by atoms with E-state index in [2.05, 4.69) is 18.2 Å². The number of hydrogen-bond acceptors (Lipinski definition) is 3. The number of carbonyl (C=O) groups excluding carboxylic acids is 1. The number of hydrogen-bond donors (Lipinski definition) is 1. The maximum absolute atomic E-state index is 10.0. The fourth-order valence-electron chi connectivity index (χ4n) is 0.288. The van der Waals surface area contributed by atoms with Crippen LogP contribution in [-0.4, -0.2) is 11.5 Å². The maximum atomic E-state index is 10.0. The molecule has 0 rings (SSSR count). The molecule has 0 aromatic carbocycles. The third kappa shape index (κ3) is 3.16. The van der Waals surface area contributed by atoms with Crippen LogP contribution in [0.2, 0.25) is 0 Å². The number of allylic oxidation sites excluding steroid dienone is 1. The molecule has 0 N–H and O–H groups in total. The molecular weight excluding hydrogens is 140 g/mol. The molecule has 0 spiro atoms. The van der Waals surface area contributed by atoms with Crippen molar-refractivity contribution < 1.29 is 4.79 Å². The van der Waals surface area contributed by atoms with Gasteiger partial charge in [0.1, 0.15) is 6.29 Å².